The van der Waals surface area contributed by atoms with Gasteiger partial charge in [0.2, 0.25) is 8.32 Å². The van der Waals surface area contributed by atoms with Gasteiger partial charge in [-0.05, 0) is 39.3 Å². The van der Waals surface area contributed by atoms with E-state index in [-0.39, 0.29) is 13.0 Å². The topological polar surface area (TPSA) is 55.8 Å². The molecule has 0 aromatic carbocycles. The first kappa shape index (κ1) is 20.2. The third-order valence-electron chi connectivity index (χ3n) is 2.97. The fourth-order valence-corrected chi connectivity index (χ4v) is 4.27. The van der Waals surface area contributed by atoms with Crippen molar-refractivity contribution >= 4 is 28.5 Å². The molecule has 0 bridgehead atoms. The van der Waals surface area contributed by atoms with Gasteiger partial charge >= 0.3 is 18.1 Å². The summed E-state index contributed by atoms with van der Waals surface area (Å²) in [6.07, 6.45) is -5.56. The molecule has 0 spiro atoms. The molecule has 10 heteroatoms. The van der Waals surface area contributed by atoms with Crippen molar-refractivity contribution in [3.05, 3.63) is 0 Å². The maximum Gasteiger partial charge on any atom is 0.471 e. The van der Waals surface area contributed by atoms with Gasteiger partial charge in [-0.3, -0.25) is 9.59 Å². The summed E-state index contributed by atoms with van der Waals surface area (Å²) in [4.78, 5) is 24.4. The van der Waals surface area contributed by atoms with Gasteiger partial charge in [0, 0.05) is 13.0 Å². The Bertz CT molecular complexity index is 471. The molecule has 0 radical (unpaired) electrons. The van der Waals surface area contributed by atoms with E-state index in [1.165, 1.54) is 0 Å². The van der Waals surface area contributed by atoms with Crippen LogP contribution >= 0.6 is 0 Å². The molecule has 2 unspecified atom stereocenters. The van der Waals surface area contributed by atoms with E-state index in [4.69, 9.17) is 8.85 Å². The van der Waals surface area contributed by atoms with Gasteiger partial charge in [0.25, 0.3) is 0 Å². The van der Waals surface area contributed by atoms with E-state index in [1.807, 2.05) is 19.6 Å². The highest BCUT2D eigenvalue weighted by Gasteiger charge is 2.51. The van der Waals surface area contributed by atoms with E-state index in [0.29, 0.717) is 4.90 Å². The van der Waals surface area contributed by atoms with Gasteiger partial charge in [0.1, 0.15) is 6.04 Å². The van der Waals surface area contributed by atoms with Crippen molar-refractivity contribution in [1.29, 1.82) is 0 Å². The van der Waals surface area contributed by atoms with Gasteiger partial charge in [-0.2, -0.15) is 13.2 Å². The van der Waals surface area contributed by atoms with E-state index >= 15 is 0 Å². The van der Waals surface area contributed by atoms with E-state index in [0.717, 1.165) is 0 Å². The van der Waals surface area contributed by atoms with Crippen LogP contribution in [0.1, 0.15) is 6.42 Å². The number of hydrogen-bond acceptors (Lipinski definition) is 4. The third-order valence-corrected chi connectivity index (χ3v) is 4.82. The van der Waals surface area contributed by atoms with E-state index in [1.54, 1.807) is 19.6 Å². The Morgan fingerprint density at radius 1 is 1.04 bits per heavy atom. The molecule has 1 aliphatic heterocycles. The molecular formula is C13H24F3NO4Si2. The fourth-order valence-electron chi connectivity index (χ4n) is 2.36. The largest absolute Gasteiger partial charge is 0.518 e. The molecule has 0 N–H and O–H groups in total. The van der Waals surface area contributed by atoms with E-state index < -0.39 is 46.8 Å². The summed E-state index contributed by atoms with van der Waals surface area (Å²) in [5, 5.41) is 0. The second kappa shape index (κ2) is 6.56. The maximum absolute atomic E-state index is 12.8. The zero-order valence-corrected chi connectivity index (χ0v) is 16.3. The molecule has 2 atom stereocenters. The second-order valence-electron chi connectivity index (χ2n) is 7.59. The van der Waals surface area contributed by atoms with Crippen molar-refractivity contribution in [1.82, 2.24) is 4.90 Å². The third kappa shape index (κ3) is 6.26. The number of hydrogen-bond donors (Lipinski definition) is 0. The quantitative estimate of drug-likeness (QED) is 0.713. The molecule has 0 aromatic rings. The lowest BCUT2D eigenvalue weighted by Gasteiger charge is -2.27. The maximum atomic E-state index is 12.8. The predicted molar refractivity (Wildman–Crippen MR) is 83.8 cm³/mol. The molecule has 134 valence electrons. The molecule has 1 rings (SSSR count). The number of carbonyl (C=O) groups is 2. The van der Waals surface area contributed by atoms with Crippen molar-refractivity contribution < 1.29 is 31.6 Å². The van der Waals surface area contributed by atoms with E-state index in [9.17, 15) is 22.8 Å². The zero-order chi connectivity index (χ0) is 18.2. The summed E-state index contributed by atoms with van der Waals surface area (Å²) >= 11 is 0. The Morgan fingerprint density at radius 2 is 1.57 bits per heavy atom. The number of carbonyl (C=O) groups excluding carboxylic acids is 2. The number of amides is 1. The Kier molecular flexibility index (Phi) is 5.75. The van der Waals surface area contributed by atoms with Crippen molar-refractivity contribution in [2.45, 2.75) is 64.0 Å². The summed E-state index contributed by atoms with van der Waals surface area (Å²) in [6, 6.07) is -1.24. The van der Waals surface area contributed by atoms with Crippen LogP contribution in [0.5, 0.6) is 0 Å². The molecular weight excluding hydrogens is 347 g/mol. The molecule has 23 heavy (non-hydrogen) atoms. The number of nitrogens with zero attached hydrogens (tertiary/aromatic N) is 1. The number of halogens is 3. The first-order valence-corrected chi connectivity index (χ1v) is 14.2. The summed E-state index contributed by atoms with van der Waals surface area (Å²) in [6.45, 7) is 10.7. The van der Waals surface area contributed by atoms with Gasteiger partial charge in [0.05, 0.1) is 6.10 Å². The summed E-state index contributed by atoms with van der Waals surface area (Å²) in [5.74, 6) is -2.79. The Hall–Kier alpha value is -0.876. The Morgan fingerprint density at radius 3 is 1.96 bits per heavy atom. The first-order valence-electron chi connectivity index (χ1n) is 7.38. The minimum absolute atomic E-state index is 0.0371. The molecule has 1 saturated heterocycles. The van der Waals surface area contributed by atoms with Gasteiger partial charge in [0.15, 0.2) is 8.32 Å². The SMILES string of the molecule is C[Si](C)(C)OC(=O)C1CC(O[Si](C)(C)C)CN1C(=O)C(F)(F)F. The number of rotatable bonds is 4. The molecule has 1 heterocycles. The molecule has 5 nitrogen and oxygen atoms in total. The second-order valence-corrected chi connectivity index (χ2v) is 16.5. The van der Waals surface area contributed by atoms with Crippen LogP contribution in [-0.4, -0.2) is 58.3 Å². The first-order chi connectivity index (χ1) is 10.1. The van der Waals surface area contributed by atoms with Crippen molar-refractivity contribution in [3.63, 3.8) is 0 Å². The lowest BCUT2D eigenvalue weighted by Crippen LogP contribution is -2.49. The van der Waals surface area contributed by atoms with Crippen LogP contribution in [0.4, 0.5) is 13.2 Å². The van der Waals surface area contributed by atoms with Gasteiger partial charge < -0.3 is 13.8 Å². The average molecular weight is 372 g/mol. The number of likely N-dealkylation sites (tertiary alicyclic amines) is 1. The van der Waals surface area contributed by atoms with Crippen molar-refractivity contribution in [2.24, 2.45) is 0 Å². The van der Waals surface area contributed by atoms with Crippen LogP contribution in [0.25, 0.3) is 0 Å². The van der Waals surface area contributed by atoms with Crippen LogP contribution in [0, 0.1) is 0 Å². The minimum atomic E-state index is -5.02. The van der Waals surface area contributed by atoms with Gasteiger partial charge in [-0.25, -0.2) is 0 Å². The van der Waals surface area contributed by atoms with Gasteiger partial charge in [-0.15, -0.1) is 0 Å². The monoisotopic (exact) mass is 371 g/mol. The van der Waals surface area contributed by atoms with Crippen molar-refractivity contribution in [2.75, 3.05) is 6.54 Å². The highest BCUT2D eigenvalue weighted by molar-refractivity contribution is 6.71. The lowest BCUT2D eigenvalue weighted by atomic mass is 10.2. The van der Waals surface area contributed by atoms with Crippen molar-refractivity contribution in [3.8, 4) is 0 Å². The highest BCUT2D eigenvalue weighted by atomic mass is 28.4. The van der Waals surface area contributed by atoms with Crippen LogP contribution in [0.2, 0.25) is 39.3 Å². The van der Waals surface area contributed by atoms with Crippen LogP contribution < -0.4 is 0 Å². The summed E-state index contributed by atoms with van der Waals surface area (Å²) < 4.78 is 49.4. The normalized spacial score (nSPS) is 23.1. The standard InChI is InChI=1S/C13H24F3NO4Si2/c1-22(2,3)20-9-7-10(11(18)21-23(4,5)6)17(8-9)12(19)13(14,15)16/h9-10H,7-8H2,1-6H3. The molecule has 0 saturated carbocycles. The zero-order valence-electron chi connectivity index (χ0n) is 14.3. The lowest BCUT2D eigenvalue weighted by molar-refractivity contribution is -0.188. The van der Waals surface area contributed by atoms with Crippen LogP contribution in [0.3, 0.4) is 0 Å². The van der Waals surface area contributed by atoms with Crippen LogP contribution in [0.15, 0.2) is 0 Å². The highest BCUT2D eigenvalue weighted by Crippen LogP contribution is 2.29. The summed E-state index contributed by atoms with van der Waals surface area (Å²) in [5.41, 5.74) is 0. The average Bonchev–Trinajstić information content (AvgIpc) is 2.65. The molecule has 1 amide bonds. The fraction of sp³-hybridized carbons (Fsp3) is 0.846. The molecule has 1 aliphatic rings. The minimum Gasteiger partial charge on any atom is -0.518 e. The smallest absolute Gasteiger partial charge is 0.471 e. The van der Waals surface area contributed by atoms with Gasteiger partial charge in [-0.1, -0.05) is 0 Å². The molecule has 0 aromatic heterocycles. The van der Waals surface area contributed by atoms with Crippen LogP contribution in [-0.2, 0) is 18.4 Å². The van der Waals surface area contributed by atoms with E-state index in [2.05, 4.69) is 0 Å². The summed E-state index contributed by atoms with van der Waals surface area (Å²) in [7, 11) is -4.27. The predicted octanol–water partition coefficient (Wildman–Crippen LogP) is 2.75. The Labute approximate surface area is 136 Å². The molecule has 0 aliphatic carbocycles. The number of alkyl halides is 3. The Balaban J connectivity index is 2.97. The molecule has 1 fully saturated rings.